The van der Waals surface area contributed by atoms with Gasteiger partial charge in [-0.25, -0.2) is 17.6 Å². The van der Waals surface area contributed by atoms with Crippen molar-refractivity contribution in [3.63, 3.8) is 0 Å². The molecule has 1 aromatic carbocycles. The zero-order valence-electron chi connectivity index (χ0n) is 14.0. The summed E-state index contributed by atoms with van der Waals surface area (Å²) in [5.41, 5.74) is 0. The Morgan fingerprint density at radius 1 is 1.33 bits per heavy atom. The van der Waals surface area contributed by atoms with Crippen LogP contribution in [-0.2, 0) is 9.84 Å². The standard InChI is InChI=1S/C16H24FN3O3S/c1-19(2)11-9-18-16(21)20-10-3-4-15(12-20)24(22,23)14-7-5-13(17)6-8-14/h5-8,15H,3-4,9-12H2,1-2H3,(H,18,21). The molecule has 24 heavy (non-hydrogen) atoms. The summed E-state index contributed by atoms with van der Waals surface area (Å²) in [5.74, 6) is -0.473. The first-order chi connectivity index (χ1) is 11.3. The first-order valence-electron chi connectivity index (χ1n) is 7.97. The number of sulfone groups is 1. The number of urea groups is 1. The highest BCUT2D eigenvalue weighted by Crippen LogP contribution is 2.24. The van der Waals surface area contributed by atoms with Crippen LogP contribution in [0.4, 0.5) is 9.18 Å². The Bertz CT molecular complexity index is 662. The minimum absolute atomic E-state index is 0.101. The molecule has 2 rings (SSSR count). The molecule has 1 heterocycles. The van der Waals surface area contributed by atoms with Crippen LogP contribution in [0.2, 0.25) is 0 Å². The summed E-state index contributed by atoms with van der Waals surface area (Å²) in [6, 6.07) is 4.60. The Morgan fingerprint density at radius 3 is 2.62 bits per heavy atom. The molecule has 1 unspecified atom stereocenters. The molecule has 1 aromatic rings. The van der Waals surface area contributed by atoms with Crippen LogP contribution in [0.5, 0.6) is 0 Å². The molecule has 0 saturated carbocycles. The van der Waals surface area contributed by atoms with E-state index in [2.05, 4.69) is 5.32 Å². The number of hydrogen-bond acceptors (Lipinski definition) is 4. The number of benzene rings is 1. The number of piperidine rings is 1. The number of likely N-dealkylation sites (N-methyl/N-ethyl adjacent to an activating group) is 1. The normalized spacial score (nSPS) is 18.7. The van der Waals surface area contributed by atoms with Crippen LogP contribution in [0.25, 0.3) is 0 Å². The molecular formula is C16H24FN3O3S. The monoisotopic (exact) mass is 357 g/mol. The Balaban J connectivity index is 2.01. The van der Waals surface area contributed by atoms with Crippen molar-refractivity contribution in [2.24, 2.45) is 0 Å². The van der Waals surface area contributed by atoms with Crippen molar-refractivity contribution in [1.29, 1.82) is 0 Å². The average molecular weight is 357 g/mol. The van der Waals surface area contributed by atoms with Crippen LogP contribution in [0, 0.1) is 5.82 Å². The van der Waals surface area contributed by atoms with Gasteiger partial charge in [0.05, 0.1) is 10.1 Å². The van der Waals surface area contributed by atoms with Crippen LogP contribution in [0.3, 0.4) is 0 Å². The third-order valence-corrected chi connectivity index (χ3v) is 6.27. The van der Waals surface area contributed by atoms with Crippen molar-refractivity contribution in [3.05, 3.63) is 30.1 Å². The quantitative estimate of drug-likeness (QED) is 0.808. The molecule has 6 nitrogen and oxygen atoms in total. The lowest BCUT2D eigenvalue weighted by Crippen LogP contribution is -2.49. The van der Waals surface area contributed by atoms with Gasteiger partial charge in [0.25, 0.3) is 0 Å². The van der Waals surface area contributed by atoms with E-state index in [4.69, 9.17) is 0 Å². The van der Waals surface area contributed by atoms with Gasteiger partial charge in [-0.05, 0) is 51.2 Å². The van der Waals surface area contributed by atoms with Crippen molar-refractivity contribution in [1.82, 2.24) is 15.1 Å². The summed E-state index contributed by atoms with van der Waals surface area (Å²) in [7, 11) is 0.254. The summed E-state index contributed by atoms with van der Waals surface area (Å²) in [6.07, 6.45) is 1.13. The number of carbonyl (C=O) groups is 1. The van der Waals surface area contributed by atoms with Gasteiger partial charge in [-0.15, -0.1) is 0 Å². The van der Waals surface area contributed by atoms with Gasteiger partial charge < -0.3 is 15.1 Å². The number of amides is 2. The molecule has 1 aliphatic rings. The fourth-order valence-corrected chi connectivity index (χ4v) is 4.44. The van der Waals surface area contributed by atoms with Gasteiger partial charge in [0.2, 0.25) is 0 Å². The average Bonchev–Trinajstić information content (AvgIpc) is 2.55. The minimum Gasteiger partial charge on any atom is -0.337 e. The second-order valence-electron chi connectivity index (χ2n) is 6.24. The molecule has 0 spiro atoms. The van der Waals surface area contributed by atoms with Crippen LogP contribution in [-0.4, -0.2) is 69.8 Å². The van der Waals surface area contributed by atoms with E-state index in [1.165, 1.54) is 12.1 Å². The van der Waals surface area contributed by atoms with Crippen molar-refractivity contribution < 1.29 is 17.6 Å². The Morgan fingerprint density at radius 2 is 2.00 bits per heavy atom. The number of carbonyl (C=O) groups excluding carboxylic acids is 1. The minimum atomic E-state index is -3.58. The van der Waals surface area contributed by atoms with E-state index in [9.17, 15) is 17.6 Å². The van der Waals surface area contributed by atoms with E-state index in [-0.39, 0.29) is 17.5 Å². The molecular weight excluding hydrogens is 333 g/mol. The van der Waals surface area contributed by atoms with Gasteiger partial charge in [-0.1, -0.05) is 0 Å². The van der Waals surface area contributed by atoms with E-state index < -0.39 is 20.9 Å². The molecule has 0 radical (unpaired) electrons. The SMILES string of the molecule is CN(C)CCNC(=O)N1CCCC(S(=O)(=O)c2ccc(F)cc2)C1. The van der Waals surface area contributed by atoms with Crippen molar-refractivity contribution in [2.75, 3.05) is 40.3 Å². The predicted molar refractivity (Wildman–Crippen MR) is 90.1 cm³/mol. The van der Waals surface area contributed by atoms with E-state index >= 15 is 0 Å². The highest BCUT2D eigenvalue weighted by atomic mass is 32.2. The summed E-state index contributed by atoms with van der Waals surface area (Å²) < 4.78 is 38.4. The number of nitrogens with one attached hydrogen (secondary N) is 1. The Hall–Kier alpha value is -1.67. The van der Waals surface area contributed by atoms with Crippen LogP contribution < -0.4 is 5.32 Å². The lowest BCUT2D eigenvalue weighted by atomic mass is 10.1. The first-order valence-corrected chi connectivity index (χ1v) is 9.52. The molecule has 0 aromatic heterocycles. The number of nitrogens with zero attached hydrogens (tertiary/aromatic N) is 2. The van der Waals surface area contributed by atoms with E-state index in [0.717, 1.165) is 18.7 Å². The van der Waals surface area contributed by atoms with Gasteiger partial charge in [-0.3, -0.25) is 0 Å². The molecule has 0 bridgehead atoms. The van der Waals surface area contributed by atoms with E-state index in [1.54, 1.807) is 4.90 Å². The zero-order chi connectivity index (χ0) is 17.7. The van der Waals surface area contributed by atoms with Gasteiger partial charge in [0, 0.05) is 26.2 Å². The molecule has 1 N–H and O–H groups in total. The largest absolute Gasteiger partial charge is 0.337 e. The topological polar surface area (TPSA) is 69.7 Å². The molecule has 1 saturated heterocycles. The van der Waals surface area contributed by atoms with Crippen molar-refractivity contribution >= 4 is 15.9 Å². The maximum atomic E-state index is 13.0. The summed E-state index contributed by atoms with van der Waals surface area (Å²) >= 11 is 0. The summed E-state index contributed by atoms with van der Waals surface area (Å²) in [5, 5.41) is 2.15. The van der Waals surface area contributed by atoms with E-state index in [0.29, 0.717) is 25.9 Å². The second-order valence-corrected chi connectivity index (χ2v) is 8.47. The number of rotatable bonds is 5. The smallest absolute Gasteiger partial charge is 0.317 e. The van der Waals surface area contributed by atoms with Crippen LogP contribution in [0.1, 0.15) is 12.8 Å². The molecule has 8 heteroatoms. The van der Waals surface area contributed by atoms with Crippen molar-refractivity contribution in [2.45, 2.75) is 23.0 Å². The van der Waals surface area contributed by atoms with Crippen LogP contribution in [0.15, 0.2) is 29.2 Å². The van der Waals surface area contributed by atoms with Gasteiger partial charge in [0.1, 0.15) is 5.82 Å². The Kier molecular flexibility index (Phi) is 6.17. The van der Waals surface area contributed by atoms with E-state index in [1.807, 2.05) is 19.0 Å². The van der Waals surface area contributed by atoms with Gasteiger partial charge in [-0.2, -0.15) is 0 Å². The third kappa shape index (κ3) is 4.67. The fourth-order valence-electron chi connectivity index (χ4n) is 2.69. The lowest BCUT2D eigenvalue weighted by molar-refractivity contribution is 0.186. The third-order valence-electron chi connectivity index (χ3n) is 4.08. The highest BCUT2D eigenvalue weighted by Gasteiger charge is 2.33. The molecule has 1 aliphatic heterocycles. The summed E-state index contributed by atoms with van der Waals surface area (Å²) in [4.78, 5) is 15.8. The fraction of sp³-hybridized carbons (Fsp3) is 0.562. The molecule has 2 amide bonds. The lowest BCUT2D eigenvalue weighted by Gasteiger charge is -2.32. The predicted octanol–water partition coefficient (Wildman–Crippen LogP) is 1.33. The molecule has 1 fully saturated rings. The first kappa shape index (κ1) is 18.7. The van der Waals surface area contributed by atoms with Crippen molar-refractivity contribution in [3.8, 4) is 0 Å². The van der Waals surface area contributed by atoms with Crippen LogP contribution >= 0.6 is 0 Å². The Labute approximate surface area is 142 Å². The number of likely N-dealkylation sites (tertiary alicyclic amines) is 1. The number of hydrogen-bond donors (Lipinski definition) is 1. The second kappa shape index (κ2) is 7.94. The highest BCUT2D eigenvalue weighted by molar-refractivity contribution is 7.92. The number of halogens is 1. The van der Waals surface area contributed by atoms with Gasteiger partial charge in [0.15, 0.2) is 9.84 Å². The summed E-state index contributed by atoms with van der Waals surface area (Å²) in [6.45, 7) is 1.94. The van der Waals surface area contributed by atoms with Gasteiger partial charge >= 0.3 is 6.03 Å². The molecule has 1 atom stereocenters. The maximum Gasteiger partial charge on any atom is 0.317 e. The molecule has 0 aliphatic carbocycles. The molecule has 134 valence electrons. The maximum absolute atomic E-state index is 13.0. The zero-order valence-corrected chi connectivity index (χ0v) is 14.9.